The van der Waals surface area contributed by atoms with E-state index >= 15 is 0 Å². The standard InChI is InChI=1S/C48H30O/c1-2-10-31(11-3-1)32-18-20-33(21-19-32)34-22-24-36(25-23-34)46-40-14-6-8-16-42(40)47(43-17-9-7-15-41(43)46)37-27-28-39-44-29-26-35-12-4-5-13-38(35)48(44)49-45(39)30-37/h1-30H/i1D,2D,3D,10D,11D,22D,23D,24D,25D. The van der Waals surface area contributed by atoms with Gasteiger partial charge in [0.1, 0.15) is 11.2 Å². The van der Waals surface area contributed by atoms with Gasteiger partial charge in [0, 0.05) is 16.2 Å². The highest BCUT2D eigenvalue weighted by atomic mass is 16.3. The Hall–Kier alpha value is -6.44. The molecule has 0 bridgehead atoms. The molecule has 9 aromatic carbocycles. The minimum Gasteiger partial charge on any atom is -0.455 e. The van der Waals surface area contributed by atoms with Gasteiger partial charge in [-0.15, -0.1) is 0 Å². The summed E-state index contributed by atoms with van der Waals surface area (Å²) < 4.78 is 84.8. The summed E-state index contributed by atoms with van der Waals surface area (Å²) in [6.45, 7) is 0. The molecule has 49 heavy (non-hydrogen) atoms. The van der Waals surface area contributed by atoms with Crippen LogP contribution in [-0.2, 0) is 0 Å². The van der Waals surface area contributed by atoms with Crippen molar-refractivity contribution in [2.45, 2.75) is 0 Å². The second kappa shape index (κ2) is 11.1. The van der Waals surface area contributed by atoms with E-state index in [0.29, 0.717) is 16.7 Å². The summed E-state index contributed by atoms with van der Waals surface area (Å²) in [6, 6.07) is 37.9. The molecule has 228 valence electrons. The van der Waals surface area contributed by atoms with Crippen LogP contribution >= 0.6 is 0 Å². The van der Waals surface area contributed by atoms with Gasteiger partial charge in [-0.25, -0.2) is 0 Å². The summed E-state index contributed by atoms with van der Waals surface area (Å²) >= 11 is 0. The fourth-order valence-corrected chi connectivity index (χ4v) is 7.15. The van der Waals surface area contributed by atoms with Gasteiger partial charge >= 0.3 is 0 Å². The Labute approximate surface area is 297 Å². The van der Waals surface area contributed by atoms with Crippen molar-refractivity contribution in [3.8, 4) is 44.5 Å². The van der Waals surface area contributed by atoms with Crippen molar-refractivity contribution in [3.63, 3.8) is 0 Å². The van der Waals surface area contributed by atoms with Gasteiger partial charge in [0.2, 0.25) is 0 Å². The first-order valence-corrected chi connectivity index (χ1v) is 16.1. The van der Waals surface area contributed by atoms with Gasteiger partial charge in [0.15, 0.2) is 0 Å². The van der Waals surface area contributed by atoms with E-state index in [-0.39, 0.29) is 52.9 Å². The molecule has 10 aromatic rings. The van der Waals surface area contributed by atoms with Crippen LogP contribution in [0.5, 0.6) is 0 Å². The highest BCUT2D eigenvalue weighted by Gasteiger charge is 2.18. The molecule has 0 saturated heterocycles. The lowest BCUT2D eigenvalue weighted by Crippen LogP contribution is -1.91. The van der Waals surface area contributed by atoms with Crippen molar-refractivity contribution in [3.05, 3.63) is 182 Å². The van der Waals surface area contributed by atoms with E-state index < -0.39 is 18.1 Å². The molecule has 0 aliphatic rings. The predicted octanol–water partition coefficient (Wildman–Crippen LogP) is 13.7. The first-order chi connectivity index (χ1) is 28.0. The molecule has 0 radical (unpaired) electrons. The fraction of sp³-hybridized carbons (Fsp3) is 0. The summed E-state index contributed by atoms with van der Waals surface area (Å²) in [5.74, 6) is 0. The Morgan fingerprint density at radius 1 is 0.347 bits per heavy atom. The Morgan fingerprint density at radius 2 is 0.837 bits per heavy atom. The van der Waals surface area contributed by atoms with E-state index in [9.17, 15) is 5.48 Å². The summed E-state index contributed by atoms with van der Waals surface area (Å²) in [7, 11) is 0. The van der Waals surface area contributed by atoms with Crippen LogP contribution in [-0.4, -0.2) is 0 Å². The number of hydrogen-bond donors (Lipinski definition) is 0. The number of hydrogen-bond acceptors (Lipinski definition) is 1. The normalized spacial score (nSPS) is 14.2. The quantitative estimate of drug-likeness (QED) is 0.176. The maximum atomic E-state index is 9.42. The zero-order valence-electron chi connectivity index (χ0n) is 35.0. The van der Waals surface area contributed by atoms with Crippen LogP contribution in [0, 0.1) is 0 Å². The number of benzene rings is 9. The molecule has 1 aromatic heterocycles. The van der Waals surface area contributed by atoms with Gasteiger partial charge in [-0.05, 0) is 89.6 Å². The lowest BCUT2D eigenvalue weighted by molar-refractivity contribution is 0.673. The molecule has 0 unspecified atom stereocenters. The Balaban J connectivity index is 1.15. The fourth-order valence-electron chi connectivity index (χ4n) is 7.15. The highest BCUT2D eigenvalue weighted by Crippen LogP contribution is 2.45. The molecule has 1 nitrogen and oxygen atoms in total. The van der Waals surface area contributed by atoms with Crippen molar-refractivity contribution >= 4 is 54.3 Å². The first kappa shape index (κ1) is 20.0. The minimum absolute atomic E-state index is 0.0424. The molecular formula is C48H30O. The van der Waals surface area contributed by atoms with Crippen LogP contribution in [0.4, 0.5) is 0 Å². The monoisotopic (exact) mass is 631 g/mol. The number of fused-ring (bicyclic) bond motifs is 7. The molecule has 0 spiro atoms. The number of rotatable bonds is 4. The van der Waals surface area contributed by atoms with E-state index in [1.54, 1.807) is 24.3 Å². The molecule has 0 fully saturated rings. The molecule has 0 N–H and O–H groups in total. The lowest BCUT2D eigenvalue weighted by Gasteiger charge is -2.18. The molecule has 0 aliphatic heterocycles. The average molecular weight is 632 g/mol. The predicted molar refractivity (Wildman–Crippen MR) is 208 cm³/mol. The van der Waals surface area contributed by atoms with Crippen molar-refractivity contribution in [2.75, 3.05) is 0 Å². The maximum Gasteiger partial charge on any atom is 0.143 e. The van der Waals surface area contributed by atoms with Gasteiger partial charge in [0.05, 0.1) is 12.3 Å². The smallest absolute Gasteiger partial charge is 0.143 e. The molecule has 10 rings (SSSR count). The van der Waals surface area contributed by atoms with Crippen LogP contribution < -0.4 is 0 Å². The van der Waals surface area contributed by atoms with Crippen LogP contribution in [0.1, 0.15) is 12.3 Å². The second-order valence-electron chi connectivity index (χ2n) is 12.1. The highest BCUT2D eigenvalue weighted by molar-refractivity contribution is 6.22. The third kappa shape index (κ3) is 4.47. The van der Waals surface area contributed by atoms with Crippen molar-refractivity contribution < 1.29 is 16.8 Å². The molecule has 0 aliphatic carbocycles. The van der Waals surface area contributed by atoms with E-state index in [2.05, 4.69) is 42.5 Å². The van der Waals surface area contributed by atoms with Crippen molar-refractivity contribution in [1.29, 1.82) is 0 Å². The van der Waals surface area contributed by atoms with Crippen LogP contribution in [0.25, 0.3) is 98.8 Å². The van der Waals surface area contributed by atoms with E-state index in [1.165, 1.54) is 0 Å². The summed E-state index contributed by atoms with van der Waals surface area (Å²) in [5, 5.41) is 7.56. The minimum atomic E-state index is -0.479. The zero-order valence-corrected chi connectivity index (χ0v) is 26.0. The van der Waals surface area contributed by atoms with E-state index in [0.717, 1.165) is 65.4 Å². The first-order valence-electron chi connectivity index (χ1n) is 20.6. The van der Waals surface area contributed by atoms with Crippen molar-refractivity contribution in [2.24, 2.45) is 0 Å². The summed E-state index contributed by atoms with van der Waals surface area (Å²) in [4.78, 5) is 0. The average Bonchev–Trinajstić information content (AvgIpc) is 3.63. The third-order valence-electron chi connectivity index (χ3n) is 9.42. The van der Waals surface area contributed by atoms with Crippen molar-refractivity contribution in [1.82, 2.24) is 0 Å². The maximum absolute atomic E-state index is 9.42. The molecule has 1 heteroatoms. The van der Waals surface area contributed by atoms with Gasteiger partial charge in [-0.2, -0.15) is 0 Å². The van der Waals surface area contributed by atoms with Crippen LogP contribution in [0.3, 0.4) is 0 Å². The molecule has 0 amide bonds. The molecule has 0 atom stereocenters. The largest absolute Gasteiger partial charge is 0.455 e. The van der Waals surface area contributed by atoms with Gasteiger partial charge in [-0.3, -0.25) is 0 Å². The van der Waals surface area contributed by atoms with Gasteiger partial charge in [0.25, 0.3) is 0 Å². The molecule has 0 saturated carbocycles. The number of furan rings is 1. The SMILES string of the molecule is [2H]c1c([2H])c([2H])c(-c2ccc(-c3c([2H])c([2H])c(-c4c5ccccc5c(-c5ccc6c(c5)oc5c7ccccc7ccc65)c5ccccc45)c([2H])c3[2H])cc2)c([2H])c1[2H]. The molecular weight excluding hydrogens is 593 g/mol. The Bertz CT molecular complexity index is 3270. The zero-order chi connectivity index (χ0) is 40.1. The van der Waals surface area contributed by atoms with Gasteiger partial charge < -0.3 is 4.42 Å². The van der Waals surface area contributed by atoms with E-state index in [1.807, 2.05) is 60.7 Å². The summed E-state index contributed by atoms with van der Waals surface area (Å²) in [5.41, 5.74) is 5.22. The Kier molecular flexibility index (Phi) is 4.53. The molecule has 1 heterocycles. The lowest BCUT2D eigenvalue weighted by atomic mass is 9.85. The van der Waals surface area contributed by atoms with Crippen LogP contribution in [0.15, 0.2) is 186 Å². The van der Waals surface area contributed by atoms with E-state index in [4.69, 9.17) is 11.3 Å². The van der Waals surface area contributed by atoms with Gasteiger partial charge in [-0.1, -0.05) is 164 Å². The topological polar surface area (TPSA) is 13.1 Å². The van der Waals surface area contributed by atoms with Crippen LogP contribution in [0.2, 0.25) is 0 Å². The Morgan fingerprint density at radius 3 is 1.47 bits per heavy atom. The third-order valence-corrected chi connectivity index (χ3v) is 9.42. The second-order valence-corrected chi connectivity index (χ2v) is 12.1. The summed E-state index contributed by atoms with van der Waals surface area (Å²) in [6.07, 6.45) is 0.